The topological polar surface area (TPSA) is 99.2 Å². The molecular formula is C12H13BrN6O3. The molecule has 116 valence electrons. The van der Waals surface area contributed by atoms with Crippen LogP contribution in [-0.4, -0.2) is 44.4 Å². The SMILES string of the molecule is Cn1ncnc1[C@@H]1COCCN1c1ncc([N+](=O)[O-])cc1Br. The molecule has 2 aromatic heterocycles. The third-order valence-electron chi connectivity index (χ3n) is 3.46. The Morgan fingerprint density at radius 2 is 2.32 bits per heavy atom. The summed E-state index contributed by atoms with van der Waals surface area (Å²) in [6, 6.07) is 1.30. The van der Waals surface area contributed by atoms with Gasteiger partial charge in [-0.1, -0.05) is 0 Å². The van der Waals surface area contributed by atoms with Gasteiger partial charge in [-0.3, -0.25) is 14.8 Å². The first-order chi connectivity index (χ1) is 10.6. The summed E-state index contributed by atoms with van der Waals surface area (Å²) in [5.74, 6) is 1.38. The van der Waals surface area contributed by atoms with Crippen molar-refractivity contribution in [2.45, 2.75) is 6.04 Å². The Morgan fingerprint density at radius 3 is 2.95 bits per heavy atom. The summed E-state index contributed by atoms with van der Waals surface area (Å²) in [7, 11) is 1.81. The third-order valence-corrected chi connectivity index (χ3v) is 4.05. The molecule has 0 bridgehead atoms. The Kier molecular flexibility index (Phi) is 4.03. The molecular weight excluding hydrogens is 356 g/mol. The van der Waals surface area contributed by atoms with Crippen LogP contribution in [0.3, 0.4) is 0 Å². The summed E-state index contributed by atoms with van der Waals surface area (Å²) in [5.41, 5.74) is -0.0564. The van der Waals surface area contributed by atoms with E-state index < -0.39 is 4.92 Å². The van der Waals surface area contributed by atoms with Gasteiger partial charge in [0.25, 0.3) is 5.69 Å². The zero-order valence-electron chi connectivity index (χ0n) is 11.7. The minimum absolute atomic E-state index is 0.0564. The number of ether oxygens (including phenoxy) is 1. The molecule has 1 aliphatic heterocycles. The monoisotopic (exact) mass is 368 g/mol. The molecule has 0 unspecified atom stereocenters. The van der Waals surface area contributed by atoms with E-state index in [1.807, 2.05) is 11.9 Å². The molecule has 22 heavy (non-hydrogen) atoms. The first-order valence-electron chi connectivity index (χ1n) is 6.56. The van der Waals surface area contributed by atoms with E-state index in [0.717, 1.165) is 5.82 Å². The maximum absolute atomic E-state index is 10.8. The second-order valence-electron chi connectivity index (χ2n) is 4.78. The molecule has 9 nitrogen and oxygen atoms in total. The van der Waals surface area contributed by atoms with E-state index in [0.29, 0.717) is 30.0 Å². The summed E-state index contributed by atoms with van der Waals surface area (Å²) in [6.07, 6.45) is 2.74. The highest BCUT2D eigenvalue weighted by molar-refractivity contribution is 9.10. The van der Waals surface area contributed by atoms with Gasteiger partial charge in [0.2, 0.25) is 0 Å². The Balaban J connectivity index is 1.97. The van der Waals surface area contributed by atoms with Crippen LogP contribution >= 0.6 is 15.9 Å². The van der Waals surface area contributed by atoms with Crippen LogP contribution in [0.1, 0.15) is 11.9 Å². The van der Waals surface area contributed by atoms with Gasteiger partial charge < -0.3 is 9.64 Å². The number of anilines is 1. The maximum atomic E-state index is 10.8. The average molecular weight is 369 g/mol. The van der Waals surface area contributed by atoms with Gasteiger partial charge >= 0.3 is 0 Å². The molecule has 1 saturated heterocycles. The van der Waals surface area contributed by atoms with E-state index in [-0.39, 0.29) is 11.7 Å². The lowest BCUT2D eigenvalue weighted by Gasteiger charge is -2.36. The summed E-state index contributed by atoms with van der Waals surface area (Å²) in [5, 5.41) is 14.9. The number of aryl methyl sites for hydroxylation is 1. The highest BCUT2D eigenvalue weighted by atomic mass is 79.9. The van der Waals surface area contributed by atoms with Crippen molar-refractivity contribution in [1.29, 1.82) is 0 Å². The second-order valence-corrected chi connectivity index (χ2v) is 5.64. The molecule has 0 N–H and O–H groups in total. The number of hydrogen-bond acceptors (Lipinski definition) is 7. The van der Waals surface area contributed by atoms with Gasteiger partial charge in [0.15, 0.2) is 5.82 Å². The lowest BCUT2D eigenvalue weighted by Crippen LogP contribution is -2.41. The van der Waals surface area contributed by atoms with Crippen molar-refractivity contribution in [2.24, 2.45) is 7.05 Å². The van der Waals surface area contributed by atoms with E-state index in [1.54, 1.807) is 4.68 Å². The number of rotatable bonds is 3. The van der Waals surface area contributed by atoms with E-state index in [2.05, 4.69) is 31.0 Å². The van der Waals surface area contributed by atoms with Crippen molar-refractivity contribution in [3.05, 3.63) is 39.0 Å². The van der Waals surface area contributed by atoms with Crippen LogP contribution in [0.25, 0.3) is 0 Å². The molecule has 2 aromatic rings. The van der Waals surface area contributed by atoms with Crippen molar-refractivity contribution < 1.29 is 9.66 Å². The molecule has 0 aromatic carbocycles. The number of morpholine rings is 1. The number of pyridine rings is 1. The van der Waals surface area contributed by atoms with Gasteiger partial charge in [0.1, 0.15) is 24.4 Å². The molecule has 3 rings (SSSR count). The zero-order chi connectivity index (χ0) is 15.7. The van der Waals surface area contributed by atoms with E-state index in [9.17, 15) is 10.1 Å². The summed E-state index contributed by atoms with van der Waals surface area (Å²) < 4.78 is 7.79. The third kappa shape index (κ3) is 2.66. The van der Waals surface area contributed by atoms with Crippen LogP contribution in [0.2, 0.25) is 0 Å². The first kappa shape index (κ1) is 14.9. The van der Waals surface area contributed by atoms with Crippen LogP contribution in [-0.2, 0) is 11.8 Å². The van der Waals surface area contributed by atoms with Gasteiger partial charge in [-0.25, -0.2) is 9.97 Å². The van der Waals surface area contributed by atoms with Crippen molar-refractivity contribution in [3.8, 4) is 0 Å². The van der Waals surface area contributed by atoms with Gasteiger partial charge in [-0.05, 0) is 15.9 Å². The summed E-state index contributed by atoms with van der Waals surface area (Å²) in [6.45, 7) is 1.62. The maximum Gasteiger partial charge on any atom is 0.288 e. The highest BCUT2D eigenvalue weighted by Gasteiger charge is 2.30. The van der Waals surface area contributed by atoms with Gasteiger partial charge in [-0.15, -0.1) is 0 Å². The molecule has 0 spiro atoms. The number of hydrogen-bond donors (Lipinski definition) is 0. The molecule has 1 aliphatic rings. The fraction of sp³-hybridized carbons (Fsp3) is 0.417. The average Bonchev–Trinajstić information content (AvgIpc) is 2.93. The van der Waals surface area contributed by atoms with Gasteiger partial charge in [0, 0.05) is 19.7 Å². The molecule has 3 heterocycles. The highest BCUT2D eigenvalue weighted by Crippen LogP contribution is 2.33. The van der Waals surface area contributed by atoms with Gasteiger partial charge in [0.05, 0.1) is 22.6 Å². The van der Waals surface area contributed by atoms with Crippen molar-refractivity contribution >= 4 is 27.4 Å². The van der Waals surface area contributed by atoms with Crippen molar-refractivity contribution in [2.75, 3.05) is 24.7 Å². The van der Waals surface area contributed by atoms with Gasteiger partial charge in [-0.2, -0.15) is 5.10 Å². The fourth-order valence-electron chi connectivity index (χ4n) is 2.41. The smallest absolute Gasteiger partial charge is 0.288 e. The quantitative estimate of drug-likeness (QED) is 0.597. The minimum atomic E-state index is -0.471. The number of aromatic nitrogens is 4. The van der Waals surface area contributed by atoms with E-state index in [4.69, 9.17) is 4.74 Å². The first-order valence-corrected chi connectivity index (χ1v) is 7.35. The zero-order valence-corrected chi connectivity index (χ0v) is 13.3. The second kappa shape index (κ2) is 5.97. The van der Waals surface area contributed by atoms with Crippen LogP contribution < -0.4 is 4.90 Å². The van der Waals surface area contributed by atoms with Crippen molar-refractivity contribution in [3.63, 3.8) is 0 Å². The molecule has 10 heteroatoms. The normalized spacial score (nSPS) is 18.5. The summed E-state index contributed by atoms with van der Waals surface area (Å²) >= 11 is 3.37. The largest absolute Gasteiger partial charge is 0.377 e. The van der Waals surface area contributed by atoms with Crippen LogP contribution in [0.5, 0.6) is 0 Å². The molecule has 0 aliphatic carbocycles. The number of nitro groups is 1. The Hall–Kier alpha value is -2.07. The molecule has 0 amide bonds. The Morgan fingerprint density at radius 1 is 1.50 bits per heavy atom. The fourth-order valence-corrected chi connectivity index (χ4v) is 2.97. The van der Waals surface area contributed by atoms with Crippen LogP contribution in [0, 0.1) is 10.1 Å². The standard InChI is InChI=1S/C12H13BrN6O3/c1-17-12(15-7-16-17)10-6-22-3-2-18(10)11-9(13)4-8(5-14-11)19(20)21/h4-5,7,10H,2-3,6H2,1H3/t10-/m0/s1. The number of halogens is 1. The molecule has 0 saturated carbocycles. The lowest BCUT2D eigenvalue weighted by atomic mass is 10.2. The predicted octanol–water partition coefficient (Wildman–Crippen LogP) is 1.46. The number of nitrogens with zero attached hydrogens (tertiary/aromatic N) is 6. The van der Waals surface area contributed by atoms with Crippen LogP contribution in [0.4, 0.5) is 11.5 Å². The summed E-state index contributed by atoms with van der Waals surface area (Å²) in [4.78, 5) is 20.9. The molecule has 1 fully saturated rings. The van der Waals surface area contributed by atoms with Crippen molar-refractivity contribution in [1.82, 2.24) is 19.7 Å². The predicted molar refractivity (Wildman–Crippen MR) is 80.5 cm³/mol. The molecule has 0 radical (unpaired) electrons. The minimum Gasteiger partial charge on any atom is -0.377 e. The van der Waals surface area contributed by atoms with E-state index >= 15 is 0 Å². The Bertz CT molecular complexity index is 706. The molecule has 1 atom stereocenters. The Labute approximate surface area is 134 Å². The van der Waals surface area contributed by atoms with Crippen LogP contribution in [0.15, 0.2) is 23.1 Å². The van der Waals surface area contributed by atoms with E-state index in [1.165, 1.54) is 18.6 Å². The lowest BCUT2D eigenvalue weighted by molar-refractivity contribution is -0.385.